The first-order valence-electron chi connectivity index (χ1n) is 5.50. The maximum absolute atomic E-state index is 3.45. The molecule has 1 heteroatoms. The Balaban J connectivity index is 2.01. The summed E-state index contributed by atoms with van der Waals surface area (Å²) in [4.78, 5) is 0. The molecule has 0 radical (unpaired) electrons. The molecule has 2 rings (SSSR count). The van der Waals surface area contributed by atoms with Gasteiger partial charge in [0.15, 0.2) is 0 Å². The zero-order valence-corrected chi connectivity index (χ0v) is 9.01. The van der Waals surface area contributed by atoms with Crippen LogP contribution in [0.15, 0.2) is 12.3 Å². The van der Waals surface area contributed by atoms with Crippen LogP contribution in [-0.4, -0.2) is 6.04 Å². The summed E-state index contributed by atoms with van der Waals surface area (Å²) in [7, 11) is 0. The minimum absolute atomic E-state index is 0.501. The van der Waals surface area contributed by atoms with E-state index in [9.17, 15) is 0 Å². The molecule has 3 atom stereocenters. The third kappa shape index (κ3) is 1.74. The maximum atomic E-state index is 3.45. The number of rotatable bonds is 0. The molecular weight excluding hydrogens is 158 g/mol. The van der Waals surface area contributed by atoms with Crippen LogP contribution >= 0.6 is 0 Å². The Kier molecular flexibility index (Phi) is 2.13. The van der Waals surface area contributed by atoms with Gasteiger partial charge in [-0.05, 0) is 42.7 Å². The van der Waals surface area contributed by atoms with Crippen LogP contribution in [0.4, 0.5) is 0 Å². The molecule has 1 aliphatic heterocycles. The molecule has 0 aromatic heterocycles. The second-order valence-corrected chi connectivity index (χ2v) is 5.67. The Morgan fingerprint density at radius 3 is 2.69 bits per heavy atom. The molecule has 2 aliphatic rings. The molecule has 0 saturated heterocycles. The largest absolute Gasteiger partial charge is 0.388 e. The van der Waals surface area contributed by atoms with Crippen LogP contribution in [0.25, 0.3) is 0 Å². The van der Waals surface area contributed by atoms with Gasteiger partial charge in [-0.25, -0.2) is 0 Å². The lowest BCUT2D eigenvalue weighted by molar-refractivity contribution is 0.143. The molecule has 1 N–H and O–H groups in total. The lowest BCUT2D eigenvalue weighted by Crippen LogP contribution is -2.36. The van der Waals surface area contributed by atoms with Crippen molar-refractivity contribution in [2.75, 3.05) is 0 Å². The van der Waals surface area contributed by atoms with Gasteiger partial charge in [-0.15, -0.1) is 0 Å². The van der Waals surface area contributed by atoms with E-state index < -0.39 is 0 Å². The highest BCUT2D eigenvalue weighted by atomic mass is 14.9. The fraction of sp³-hybridized carbons (Fsp3) is 0.833. The molecule has 0 spiro atoms. The fourth-order valence-electron chi connectivity index (χ4n) is 2.71. The van der Waals surface area contributed by atoms with Gasteiger partial charge in [0.05, 0.1) is 0 Å². The lowest BCUT2D eigenvalue weighted by atomic mass is 9.68. The zero-order valence-electron chi connectivity index (χ0n) is 9.01. The Morgan fingerprint density at radius 2 is 2.00 bits per heavy atom. The van der Waals surface area contributed by atoms with Gasteiger partial charge in [-0.2, -0.15) is 0 Å². The van der Waals surface area contributed by atoms with Crippen molar-refractivity contribution in [3.8, 4) is 0 Å². The van der Waals surface area contributed by atoms with Gasteiger partial charge in [-0.1, -0.05) is 26.8 Å². The van der Waals surface area contributed by atoms with Crippen molar-refractivity contribution in [2.24, 2.45) is 17.3 Å². The van der Waals surface area contributed by atoms with E-state index in [4.69, 9.17) is 0 Å². The third-order valence-corrected chi connectivity index (χ3v) is 3.78. The van der Waals surface area contributed by atoms with Crippen LogP contribution in [0, 0.1) is 17.3 Å². The van der Waals surface area contributed by atoms with Gasteiger partial charge in [0.2, 0.25) is 0 Å². The Labute approximate surface area is 81.6 Å². The van der Waals surface area contributed by atoms with Crippen molar-refractivity contribution in [1.29, 1.82) is 0 Å². The predicted octanol–water partition coefficient (Wildman–Crippen LogP) is 2.93. The SMILES string of the molecule is CC(C)(C)C1CCC2NC=CC2C1. The summed E-state index contributed by atoms with van der Waals surface area (Å²) >= 11 is 0. The molecule has 1 saturated carbocycles. The molecule has 0 aromatic carbocycles. The van der Waals surface area contributed by atoms with E-state index >= 15 is 0 Å². The highest BCUT2D eigenvalue weighted by molar-refractivity contribution is 5.05. The molecule has 1 aliphatic carbocycles. The van der Waals surface area contributed by atoms with E-state index in [0.29, 0.717) is 5.41 Å². The van der Waals surface area contributed by atoms with E-state index in [1.807, 2.05) is 0 Å². The number of hydrogen-bond donors (Lipinski definition) is 1. The second kappa shape index (κ2) is 3.04. The highest BCUT2D eigenvalue weighted by Gasteiger charge is 2.35. The van der Waals surface area contributed by atoms with Crippen molar-refractivity contribution in [3.63, 3.8) is 0 Å². The van der Waals surface area contributed by atoms with Gasteiger partial charge in [0.25, 0.3) is 0 Å². The third-order valence-electron chi connectivity index (χ3n) is 3.78. The van der Waals surface area contributed by atoms with Crippen molar-refractivity contribution in [3.05, 3.63) is 12.3 Å². The van der Waals surface area contributed by atoms with E-state index in [-0.39, 0.29) is 0 Å². The first-order chi connectivity index (χ1) is 6.07. The minimum Gasteiger partial charge on any atom is -0.388 e. The zero-order chi connectivity index (χ0) is 9.47. The summed E-state index contributed by atoms with van der Waals surface area (Å²) in [6.07, 6.45) is 8.67. The van der Waals surface area contributed by atoms with Gasteiger partial charge >= 0.3 is 0 Å². The molecule has 0 amide bonds. The Bertz CT molecular complexity index is 212. The van der Waals surface area contributed by atoms with Gasteiger partial charge < -0.3 is 5.32 Å². The molecule has 1 fully saturated rings. The van der Waals surface area contributed by atoms with Crippen molar-refractivity contribution < 1.29 is 0 Å². The van der Waals surface area contributed by atoms with Gasteiger partial charge in [-0.3, -0.25) is 0 Å². The molecule has 13 heavy (non-hydrogen) atoms. The van der Waals surface area contributed by atoms with Crippen LogP contribution in [0.1, 0.15) is 40.0 Å². The number of hydrogen-bond acceptors (Lipinski definition) is 1. The summed E-state index contributed by atoms with van der Waals surface area (Å²) in [5.74, 6) is 1.73. The van der Waals surface area contributed by atoms with Crippen molar-refractivity contribution >= 4 is 0 Å². The first kappa shape index (κ1) is 9.11. The number of fused-ring (bicyclic) bond motifs is 1. The van der Waals surface area contributed by atoms with Crippen molar-refractivity contribution in [2.45, 2.75) is 46.1 Å². The Hall–Kier alpha value is -0.460. The summed E-state index contributed by atoms with van der Waals surface area (Å²) in [6, 6.07) is 0.763. The highest BCUT2D eigenvalue weighted by Crippen LogP contribution is 2.41. The van der Waals surface area contributed by atoms with Gasteiger partial charge in [0.1, 0.15) is 0 Å². The molecule has 0 bridgehead atoms. The average molecular weight is 179 g/mol. The Morgan fingerprint density at radius 1 is 1.23 bits per heavy atom. The summed E-state index contributed by atoms with van der Waals surface area (Å²) in [5, 5.41) is 3.45. The molecule has 1 heterocycles. The standard InChI is InChI=1S/C12H21N/c1-12(2,3)10-4-5-11-9(8-10)6-7-13-11/h6-7,9-11,13H,4-5,8H2,1-3H3. The summed E-state index contributed by atoms with van der Waals surface area (Å²) in [5.41, 5.74) is 0.501. The topological polar surface area (TPSA) is 12.0 Å². The second-order valence-electron chi connectivity index (χ2n) is 5.67. The molecular formula is C12H21N. The maximum Gasteiger partial charge on any atom is 0.0319 e. The molecule has 0 aromatic rings. The van der Waals surface area contributed by atoms with Crippen LogP contribution in [0.5, 0.6) is 0 Å². The molecule has 3 unspecified atom stereocenters. The summed E-state index contributed by atoms with van der Waals surface area (Å²) < 4.78 is 0. The van der Waals surface area contributed by atoms with Crippen LogP contribution in [-0.2, 0) is 0 Å². The predicted molar refractivity (Wildman–Crippen MR) is 56.3 cm³/mol. The molecule has 74 valence electrons. The number of nitrogens with one attached hydrogen (secondary N) is 1. The van der Waals surface area contributed by atoms with E-state index in [1.54, 1.807) is 0 Å². The quantitative estimate of drug-likeness (QED) is 0.603. The van der Waals surface area contributed by atoms with Crippen molar-refractivity contribution in [1.82, 2.24) is 5.32 Å². The lowest BCUT2D eigenvalue weighted by Gasteiger charge is -2.39. The normalized spacial score (nSPS) is 38.5. The smallest absolute Gasteiger partial charge is 0.0319 e. The van der Waals surface area contributed by atoms with E-state index in [0.717, 1.165) is 17.9 Å². The average Bonchev–Trinajstić information content (AvgIpc) is 2.47. The van der Waals surface area contributed by atoms with Crippen LogP contribution in [0.2, 0.25) is 0 Å². The van der Waals surface area contributed by atoms with Crippen LogP contribution < -0.4 is 5.32 Å². The first-order valence-corrected chi connectivity index (χ1v) is 5.50. The minimum atomic E-state index is 0.501. The van der Waals surface area contributed by atoms with Gasteiger partial charge in [0, 0.05) is 6.04 Å². The fourth-order valence-corrected chi connectivity index (χ4v) is 2.71. The van der Waals surface area contributed by atoms with E-state index in [2.05, 4.69) is 38.4 Å². The van der Waals surface area contributed by atoms with E-state index in [1.165, 1.54) is 19.3 Å². The monoisotopic (exact) mass is 179 g/mol. The molecule has 1 nitrogen and oxygen atoms in total. The summed E-state index contributed by atoms with van der Waals surface area (Å²) in [6.45, 7) is 7.14. The van der Waals surface area contributed by atoms with Crippen LogP contribution in [0.3, 0.4) is 0 Å².